The number of imidazole rings is 2. The number of rotatable bonds is 9. The fourth-order valence-electron chi connectivity index (χ4n) is 4.69. The number of carbonyl (C=O) groups is 1. The molecular weight excluding hydrogens is 536 g/mol. The van der Waals surface area contributed by atoms with Crippen molar-refractivity contribution in [3.8, 4) is 11.1 Å². The molecule has 0 aliphatic rings. The summed E-state index contributed by atoms with van der Waals surface area (Å²) in [5.74, 6) is 0.776. The van der Waals surface area contributed by atoms with Gasteiger partial charge in [-0.05, 0) is 47.5 Å². The minimum atomic E-state index is -0.375. The van der Waals surface area contributed by atoms with Crippen molar-refractivity contribution in [3.05, 3.63) is 108 Å². The smallest absolute Gasteiger partial charge is 0.340 e. The lowest BCUT2D eigenvalue weighted by molar-refractivity contribution is 0.0602. The fraction of sp³-hybridized carbons (Fsp3) is 0.194. The summed E-state index contributed by atoms with van der Waals surface area (Å²) in [7, 11) is 1.40. The van der Waals surface area contributed by atoms with Crippen LogP contribution in [0.25, 0.3) is 22.2 Å². The SMILES string of the molecule is CCCCc1nc2cccc(C(=O)OC)c2n1Cc1ccc(-c2ccccc2/C(N)=N/OC(=S)n2ccnc2)cc1. The van der Waals surface area contributed by atoms with Gasteiger partial charge in [-0.15, -0.1) is 0 Å². The number of hydrogen-bond donors (Lipinski definition) is 1. The number of ether oxygens (including phenoxy) is 1. The van der Waals surface area contributed by atoms with Crippen molar-refractivity contribution in [1.82, 2.24) is 19.1 Å². The molecule has 0 fully saturated rings. The van der Waals surface area contributed by atoms with E-state index in [-0.39, 0.29) is 17.0 Å². The molecule has 0 unspecified atom stereocenters. The molecule has 5 rings (SSSR count). The standard InChI is InChI=1S/C31H30N6O3S/c1-3-4-12-27-34-26-11-7-10-25(30(38)39-2)28(26)37(27)19-21-13-15-22(16-14-21)23-8-5-6-9-24(23)29(32)35-40-31(41)36-18-17-33-20-36/h5-11,13-18,20H,3-4,12,19H2,1-2H3,(H2,32,35). The lowest BCUT2D eigenvalue weighted by Gasteiger charge is -2.13. The molecule has 0 saturated carbocycles. The Morgan fingerprint density at radius 1 is 1.05 bits per heavy atom. The monoisotopic (exact) mass is 566 g/mol. The number of amidine groups is 1. The molecule has 0 aliphatic carbocycles. The van der Waals surface area contributed by atoms with E-state index in [0.717, 1.165) is 58.4 Å². The van der Waals surface area contributed by atoms with E-state index in [0.29, 0.717) is 12.1 Å². The average molecular weight is 567 g/mol. The maximum Gasteiger partial charge on any atom is 0.340 e. The fourth-order valence-corrected chi connectivity index (χ4v) is 4.83. The Labute approximate surface area is 243 Å². The summed E-state index contributed by atoms with van der Waals surface area (Å²) in [6.07, 6.45) is 7.67. The molecule has 0 amide bonds. The van der Waals surface area contributed by atoms with Gasteiger partial charge in [-0.3, -0.25) is 4.57 Å². The van der Waals surface area contributed by atoms with Gasteiger partial charge in [0.2, 0.25) is 0 Å². The number of oxime groups is 1. The van der Waals surface area contributed by atoms with Crippen molar-refractivity contribution in [1.29, 1.82) is 0 Å². The number of fused-ring (bicyclic) bond motifs is 1. The van der Waals surface area contributed by atoms with E-state index in [1.165, 1.54) is 18.0 Å². The zero-order valence-electron chi connectivity index (χ0n) is 22.9. The second-order valence-corrected chi connectivity index (χ2v) is 9.78. The van der Waals surface area contributed by atoms with Crippen LogP contribution >= 0.6 is 12.2 Å². The van der Waals surface area contributed by atoms with Crippen LogP contribution in [0.5, 0.6) is 0 Å². The lowest BCUT2D eigenvalue weighted by Crippen LogP contribution is -2.17. The highest BCUT2D eigenvalue weighted by Gasteiger charge is 2.19. The number of methoxy groups -OCH3 is 1. The van der Waals surface area contributed by atoms with E-state index in [1.54, 1.807) is 18.5 Å². The topological polar surface area (TPSA) is 110 Å². The van der Waals surface area contributed by atoms with Gasteiger partial charge in [-0.25, -0.2) is 14.8 Å². The van der Waals surface area contributed by atoms with Gasteiger partial charge >= 0.3 is 11.1 Å². The maximum atomic E-state index is 12.6. The number of benzene rings is 3. The van der Waals surface area contributed by atoms with Crippen LogP contribution in [0, 0.1) is 0 Å². The van der Waals surface area contributed by atoms with E-state index < -0.39 is 0 Å². The summed E-state index contributed by atoms with van der Waals surface area (Å²) < 4.78 is 8.72. The minimum absolute atomic E-state index is 0.118. The molecule has 0 saturated heterocycles. The third-order valence-corrected chi connectivity index (χ3v) is 7.04. The Bertz CT molecular complexity index is 1710. The highest BCUT2D eigenvalue weighted by atomic mass is 32.1. The predicted molar refractivity (Wildman–Crippen MR) is 163 cm³/mol. The Morgan fingerprint density at radius 2 is 1.83 bits per heavy atom. The molecular formula is C31H30N6O3S. The number of hydrogen-bond acceptors (Lipinski definition) is 7. The molecule has 208 valence electrons. The first-order chi connectivity index (χ1) is 20.0. The van der Waals surface area contributed by atoms with Gasteiger partial charge in [-0.1, -0.05) is 73.1 Å². The second-order valence-electron chi connectivity index (χ2n) is 9.43. The molecule has 0 aliphatic heterocycles. The summed E-state index contributed by atoms with van der Waals surface area (Å²) >= 11 is 5.23. The van der Waals surface area contributed by atoms with Crippen LogP contribution in [0.3, 0.4) is 0 Å². The minimum Gasteiger partial charge on any atom is -0.465 e. The van der Waals surface area contributed by atoms with E-state index in [2.05, 4.69) is 33.8 Å². The third-order valence-electron chi connectivity index (χ3n) is 6.75. The molecule has 0 spiro atoms. The third kappa shape index (κ3) is 6.02. The molecule has 0 atom stereocenters. The second kappa shape index (κ2) is 12.6. The van der Waals surface area contributed by atoms with Gasteiger partial charge < -0.3 is 19.9 Å². The lowest BCUT2D eigenvalue weighted by atomic mass is 9.98. The number of esters is 1. The summed E-state index contributed by atoms with van der Waals surface area (Å²) in [5, 5.41) is 4.17. The Balaban J connectivity index is 1.43. The molecule has 0 radical (unpaired) electrons. The Hall–Kier alpha value is -4.83. The number of unbranched alkanes of at least 4 members (excludes halogenated alkanes) is 1. The number of nitrogens with zero attached hydrogens (tertiary/aromatic N) is 5. The molecule has 5 aromatic rings. The summed E-state index contributed by atoms with van der Waals surface area (Å²) in [4.78, 5) is 26.8. The number of thiocarbonyl (C=S) groups is 1. The van der Waals surface area contributed by atoms with Crippen LogP contribution in [-0.2, 0) is 22.5 Å². The van der Waals surface area contributed by atoms with E-state index in [1.807, 2.05) is 48.5 Å². The molecule has 41 heavy (non-hydrogen) atoms. The van der Waals surface area contributed by atoms with Crippen molar-refractivity contribution in [2.24, 2.45) is 10.9 Å². The maximum absolute atomic E-state index is 12.6. The number of para-hydroxylation sites is 1. The summed E-state index contributed by atoms with van der Waals surface area (Å²) in [6, 6.07) is 21.5. The highest BCUT2D eigenvalue weighted by Crippen LogP contribution is 2.27. The quantitative estimate of drug-likeness (QED) is 0.0819. The van der Waals surface area contributed by atoms with Crippen LogP contribution in [0.1, 0.15) is 47.1 Å². The van der Waals surface area contributed by atoms with Crippen molar-refractivity contribution in [2.75, 3.05) is 7.11 Å². The first-order valence-electron chi connectivity index (χ1n) is 13.3. The molecule has 0 bridgehead atoms. The van der Waals surface area contributed by atoms with E-state index in [9.17, 15) is 4.79 Å². The van der Waals surface area contributed by atoms with Gasteiger partial charge in [0.1, 0.15) is 12.2 Å². The van der Waals surface area contributed by atoms with Gasteiger partial charge in [0, 0.05) is 30.9 Å². The van der Waals surface area contributed by atoms with Crippen molar-refractivity contribution in [2.45, 2.75) is 32.7 Å². The van der Waals surface area contributed by atoms with Gasteiger partial charge in [0.25, 0.3) is 0 Å². The van der Waals surface area contributed by atoms with Gasteiger partial charge in [0.15, 0.2) is 5.84 Å². The zero-order valence-corrected chi connectivity index (χ0v) is 23.7. The van der Waals surface area contributed by atoms with Crippen LogP contribution in [0.4, 0.5) is 0 Å². The van der Waals surface area contributed by atoms with Crippen molar-refractivity contribution in [3.63, 3.8) is 0 Å². The van der Waals surface area contributed by atoms with Crippen molar-refractivity contribution >= 4 is 40.2 Å². The average Bonchev–Trinajstić information content (AvgIpc) is 3.67. The molecule has 10 heteroatoms. The molecule has 3 aromatic carbocycles. The van der Waals surface area contributed by atoms with Crippen LogP contribution in [-0.4, -0.2) is 43.2 Å². The molecule has 2 N–H and O–H groups in total. The first-order valence-corrected chi connectivity index (χ1v) is 13.7. The van der Waals surface area contributed by atoms with Crippen LogP contribution in [0.2, 0.25) is 0 Å². The van der Waals surface area contributed by atoms with Gasteiger partial charge in [0.05, 0.1) is 23.7 Å². The number of aromatic nitrogens is 4. The Kier molecular flexibility index (Phi) is 8.50. The molecule has 9 nitrogen and oxygen atoms in total. The van der Waals surface area contributed by atoms with Crippen LogP contribution in [0.15, 0.2) is 90.6 Å². The normalized spacial score (nSPS) is 11.5. The number of carbonyl (C=O) groups excluding carboxylic acids is 1. The van der Waals surface area contributed by atoms with E-state index >= 15 is 0 Å². The van der Waals surface area contributed by atoms with Gasteiger partial charge in [-0.2, -0.15) is 0 Å². The van der Waals surface area contributed by atoms with Crippen molar-refractivity contribution < 1.29 is 14.4 Å². The Morgan fingerprint density at radius 3 is 2.56 bits per heavy atom. The predicted octanol–water partition coefficient (Wildman–Crippen LogP) is 5.55. The van der Waals surface area contributed by atoms with Crippen LogP contribution < -0.4 is 5.73 Å². The summed E-state index contributed by atoms with van der Waals surface area (Å²) in [5.41, 5.74) is 12.1. The first kappa shape index (κ1) is 27.7. The van der Waals surface area contributed by atoms with E-state index in [4.69, 9.17) is 32.5 Å². The molecule has 2 heterocycles. The number of aryl methyl sites for hydroxylation is 1. The zero-order chi connectivity index (χ0) is 28.8. The molecule has 2 aromatic heterocycles. The number of nitrogens with two attached hydrogens (primary N) is 1. The summed E-state index contributed by atoms with van der Waals surface area (Å²) in [6.45, 7) is 2.72. The largest absolute Gasteiger partial charge is 0.465 e. The highest BCUT2D eigenvalue weighted by molar-refractivity contribution is 7.80.